The largest absolute Gasteiger partial charge is 0.394 e. The molecule has 16 heavy (non-hydrogen) atoms. The molecule has 0 fully saturated rings. The minimum atomic E-state index is -0.289. The second-order valence-corrected chi connectivity index (χ2v) is 3.69. The van der Waals surface area contributed by atoms with Gasteiger partial charge in [-0.1, -0.05) is 25.1 Å². The fourth-order valence-corrected chi connectivity index (χ4v) is 1.38. The Morgan fingerprint density at radius 2 is 2.12 bits per heavy atom. The first-order valence-electron chi connectivity index (χ1n) is 5.43. The number of nitrogens with one attached hydrogen (secondary N) is 2. The van der Waals surface area contributed by atoms with Crippen LogP contribution in [0, 0.1) is 0 Å². The first-order valence-corrected chi connectivity index (χ1v) is 5.43. The van der Waals surface area contributed by atoms with Crippen molar-refractivity contribution in [2.45, 2.75) is 26.3 Å². The third kappa shape index (κ3) is 3.55. The summed E-state index contributed by atoms with van der Waals surface area (Å²) in [5.41, 5.74) is 1.90. The van der Waals surface area contributed by atoms with Crippen molar-refractivity contribution in [2.75, 3.05) is 11.9 Å². The molecule has 0 spiro atoms. The summed E-state index contributed by atoms with van der Waals surface area (Å²) in [6, 6.07) is 7.13. The van der Waals surface area contributed by atoms with Crippen LogP contribution in [0.3, 0.4) is 0 Å². The Morgan fingerprint density at radius 3 is 2.75 bits per heavy atom. The van der Waals surface area contributed by atoms with Crippen molar-refractivity contribution in [2.24, 2.45) is 0 Å². The second kappa shape index (κ2) is 6.12. The van der Waals surface area contributed by atoms with E-state index in [1.165, 1.54) is 0 Å². The molecule has 1 aromatic carbocycles. The first-order chi connectivity index (χ1) is 7.67. The number of hydrogen-bond donors (Lipinski definition) is 3. The Labute approximate surface area is 95.7 Å². The van der Waals surface area contributed by atoms with Gasteiger partial charge in [-0.2, -0.15) is 0 Å². The lowest BCUT2D eigenvalue weighted by Crippen LogP contribution is -2.38. The number of carbonyl (C=O) groups is 1. The van der Waals surface area contributed by atoms with Crippen molar-refractivity contribution >= 4 is 11.7 Å². The third-order valence-electron chi connectivity index (χ3n) is 2.30. The first kappa shape index (κ1) is 12.5. The molecule has 0 aromatic heterocycles. The highest BCUT2D eigenvalue weighted by molar-refractivity contribution is 5.90. The Morgan fingerprint density at radius 1 is 1.44 bits per heavy atom. The summed E-state index contributed by atoms with van der Waals surface area (Å²) < 4.78 is 0. The number of anilines is 1. The highest BCUT2D eigenvalue weighted by atomic mass is 16.3. The van der Waals surface area contributed by atoms with Crippen molar-refractivity contribution in [1.29, 1.82) is 0 Å². The van der Waals surface area contributed by atoms with Crippen LogP contribution >= 0.6 is 0 Å². The summed E-state index contributed by atoms with van der Waals surface area (Å²) in [7, 11) is 0. The number of aryl methyl sites for hydroxylation is 1. The summed E-state index contributed by atoms with van der Waals surface area (Å²) in [5.74, 6) is 0. The number of aliphatic hydroxyl groups excluding tert-OH is 1. The van der Waals surface area contributed by atoms with Crippen molar-refractivity contribution in [3.63, 3.8) is 0 Å². The maximum absolute atomic E-state index is 11.5. The van der Waals surface area contributed by atoms with Crippen LogP contribution in [0.1, 0.15) is 19.4 Å². The highest BCUT2D eigenvalue weighted by Crippen LogP contribution is 2.14. The predicted octanol–water partition coefficient (Wildman–Crippen LogP) is 1.75. The molecule has 4 nitrogen and oxygen atoms in total. The highest BCUT2D eigenvalue weighted by Gasteiger charge is 2.07. The summed E-state index contributed by atoms with van der Waals surface area (Å²) in [6.07, 6.45) is 0.867. The molecule has 0 aliphatic rings. The van der Waals surface area contributed by atoms with Crippen molar-refractivity contribution < 1.29 is 9.90 Å². The molecule has 0 aliphatic heterocycles. The van der Waals surface area contributed by atoms with E-state index in [2.05, 4.69) is 10.6 Å². The van der Waals surface area contributed by atoms with Gasteiger partial charge in [0.1, 0.15) is 0 Å². The molecule has 3 N–H and O–H groups in total. The number of benzene rings is 1. The number of para-hydroxylation sites is 1. The van der Waals surface area contributed by atoms with Crippen LogP contribution in [-0.2, 0) is 6.42 Å². The summed E-state index contributed by atoms with van der Waals surface area (Å²) >= 11 is 0. The average Bonchev–Trinajstić information content (AvgIpc) is 2.29. The van der Waals surface area contributed by atoms with E-state index in [4.69, 9.17) is 5.11 Å². The molecular weight excluding hydrogens is 204 g/mol. The monoisotopic (exact) mass is 222 g/mol. The Hall–Kier alpha value is -1.55. The molecule has 1 unspecified atom stereocenters. The molecule has 2 amide bonds. The minimum absolute atomic E-state index is 0.0666. The number of aliphatic hydroxyl groups is 1. The van der Waals surface area contributed by atoms with Crippen LogP contribution in [0.5, 0.6) is 0 Å². The Balaban J connectivity index is 2.62. The van der Waals surface area contributed by atoms with Crippen molar-refractivity contribution in [1.82, 2.24) is 5.32 Å². The molecule has 0 radical (unpaired) electrons. The van der Waals surface area contributed by atoms with Gasteiger partial charge in [0.15, 0.2) is 0 Å². The van der Waals surface area contributed by atoms with Crippen LogP contribution in [0.2, 0.25) is 0 Å². The van der Waals surface area contributed by atoms with Gasteiger partial charge in [-0.3, -0.25) is 0 Å². The topological polar surface area (TPSA) is 61.4 Å². The zero-order valence-electron chi connectivity index (χ0n) is 9.66. The van der Waals surface area contributed by atoms with Crippen LogP contribution in [0.25, 0.3) is 0 Å². The summed E-state index contributed by atoms with van der Waals surface area (Å²) in [6.45, 7) is 3.71. The number of amides is 2. The van der Waals surface area contributed by atoms with Crippen molar-refractivity contribution in [3.05, 3.63) is 29.8 Å². The number of hydrogen-bond acceptors (Lipinski definition) is 2. The third-order valence-corrected chi connectivity index (χ3v) is 2.30. The summed E-state index contributed by atoms with van der Waals surface area (Å²) in [5, 5.41) is 14.2. The van der Waals surface area contributed by atoms with E-state index >= 15 is 0 Å². The normalized spacial score (nSPS) is 11.9. The van der Waals surface area contributed by atoms with Gasteiger partial charge >= 0.3 is 6.03 Å². The van der Waals surface area contributed by atoms with E-state index in [9.17, 15) is 4.79 Å². The molecule has 0 saturated heterocycles. The lowest BCUT2D eigenvalue weighted by molar-refractivity contribution is 0.229. The number of urea groups is 1. The smallest absolute Gasteiger partial charge is 0.319 e. The van der Waals surface area contributed by atoms with Crippen LogP contribution < -0.4 is 10.6 Å². The average molecular weight is 222 g/mol. The van der Waals surface area contributed by atoms with Gasteiger partial charge in [0.25, 0.3) is 0 Å². The molecule has 0 aliphatic carbocycles. The molecular formula is C12H18N2O2. The molecule has 88 valence electrons. The zero-order valence-corrected chi connectivity index (χ0v) is 9.66. The van der Waals surface area contributed by atoms with Gasteiger partial charge < -0.3 is 15.7 Å². The van der Waals surface area contributed by atoms with E-state index in [0.29, 0.717) is 0 Å². The molecule has 0 saturated carbocycles. The Bertz CT molecular complexity index is 353. The maximum atomic E-state index is 11.5. The molecule has 1 atom stereocenters. The van der Waals surface area contributed by atoms with E-state index in [0.717, 1.165) is 17.7 Å². The second-order valence-electron chi connectivity index (χ2n) is 3.69. The molecule has 1 rings (SSSR count). The van der Waals surface area contributed by atoms with Crippen LogP contribution in [0.4, 0.5) is 10.5 Å². The zero-order chi connectivity index (χ0) is 12.0. The summed E-state index contributed by atoms with van der Waals surface area (Å²) in [4.78, 5) is 11.5. The quantitative estimate of drug-likeness (QED) is 0.726. The van der Waals surface area contributed by atoms with Crippen molar-refractivity contribution in [3.8, 4) is 0 Å². The fraction of sp³-hybridized carbons (Fsp3) is 0.417. The minimum Gasteiger partial charge on any atom is -0.394 e. The van der Waals surface area contributed by atoms with Gasteiger partial charge in [-0.05, 0) is 25.0 Å². The standard InChI is InChI=1S/C12H18N2O2/c1-3-10-6-4-5-7-11(10)14-12(16)13-9(2)8-15/h4-7,9,15H,3,8H2,1-2H3,(H2,13,14,16). The van der Waals surface area contributed by atoms with Gasteiger partial charge in [0.05, 0.1) is 12.6 Å². The van der Waals surface area contributed by atoms with Gasteiger partial charge in [0, 0.05) is 5.69 Å². The molecule has 0 bridgehead atoms. The maximum Gasteiger partial charge on any atom is 0.319 e. The van der Waals surface area contributed by atoms with Crippen LogP contribution in [-0.4, -0.2) is 23.8 Å². The number of rotatable bonds is 4. The molecule has 4 heteroatoms. The molecule has 1 aromatic rings. The molecule has 0 heterocycles. The van der Waals surface area contributed by atoms with E-state index in [1.54, 1.807) is 6.92 Å². The van der Waals surface area contributed by atoms with Gasteiger partial charge in [0.2, 0.25) is 0 Å². The lowest BCUT2D eigenvalue weighted by atomic mass is 10.1. The Kier molecular flexibility index (Phi) is 4.79. The number of carbonyl (C=O) groups excluding carboxylic acids is 1. The van der Waals surface area contributed by atoms with Crippen LogP contribution in [0.15, 0.2) is 24.3 Å². The predicted molar refractivity (Wildman–Crippen MR) is 64.5 cm³/mol. The van der Waals surface area contributed by atoms with Gasteiger partial charge in [-0.15, -0.1) is 0 Å². The SMILES string of the molecule is CCc1ccccc1NC(=O)NC(C)CO. The lowest BCUT2D eigenvalue weighted by Gasteiger charge is -2.13. The van der Waals surface area contributed by atoms with E-state index in [-0.39, 0.29) is 18.7 Å². The fourth-order valence-electron chi connectivity index (χ4n) is 1.38. The van der Waals surface area contributed by atoms with E-state index < -0.39 is 0 Å². The van der Waals surface area contributed by atoms with E-state index in [1.807, 2.05) is 31.2 Å². The van der Waals surface area contributed by atoms with Gasteiger partial charge in [-0.25, -0.2) is 4.79 Å².